The Hall–Kier alpha value is -1.35. The number of nitrogens with two attached hydrogens (primary N) is 1. The predicted molar refractivity (Wildman–Crippen MR) is 84.2 cm³/mol. The Bertz CT molecular complexity index is 386. The van der Waals surface area contributed by atoms with Crippen LogP contribution in [0.15, 0.2) is 24.3 Å². The molecule has 0 aromatic heterocycles. The lowest BCUT2D eigenvalue weighted by Crippen LogP contribution is -2.25. The van der Waals surface area contributed by atoms with Crippen molar-refractivity contribution in [3.63, 3.8) is 0 Å². The Kier molecular flexibility index (Phi) is 7.97. The van der Waals surface area contributed by atoms with E-state index in [1.807, 2.05) is 36.2 Å². The summed E-state index contributed by atoms with van der Waals surface area (Å²) in [4.78, 5) is 13.8. The third-order valence-corrected chi connectivity index (χ3v) is 3.60. The molecule has 0 aliphatic carbocycles. The molecule has 3 heteroatoms. The topological polar surface area (TPSA) is 46.3 Å². The third kappa shape index (κ3) is 6.20. The number of hydrogen-bond donors (Lipinski definition) is 1. The van der Waals surface area contributed by atoms with Crippen LogP contribution in [0.4, 0.5) is 0 Å². The molecule has 0 aliphatic heterocycles. The molecular formula is C17H28N2O. The molecule has 0 bridgehead atoms. The lowest BCUT2D eigenvalue weighted by Gasteiger charge is -2.17. The molecule has 1 amide bonds. The summed E-state index contributed by atoms with van der Waals surface area (Å²) in [7, 11) is 1.88. The van der Waals surface area contributed by atoms with E-state index in [-0.39, 0.29) is 5.91 Å². The number of hydrogen-bond acceptors (Lipinski definition) is 2. The van der Waals surface area contributed by atoms with E-state index in [2.05, 4.69) is 6.92 Å². The zero-order valence-electron chi connectivity index (χ0n) is 12.9. The fraction of sp³-hybridized carbons (Fsp3) is 0.588. The van der Waals surface area contributed by atoms with Gasteiger partial charge >= 0.3 is 0 Å². The maximum Gasteiger partial charge on any atom is 0.222 e. The van der Waals surface area contributed by atoms with Crippen LogP contribution in [0.2, 0.25) is 0 Å². The van der Waals surface area contributed by atoms with Crippen LogP contribution < -0.4 is 5.73 Å². The summed E-state index contributed by atoms with van der Waals surface area (Å²) < 4.78 is 0. The zero-order chi connectivity index (χ0) is 14.8. The number of nitrogens with zero attached hydrogens (tertiary/aromatic N) is 1. The molecule has 0 aliphatic rings. The molecule has 20 heavy (non-hydrogen) atoms. The lowest BCUT2D eigenvalue weighted by atomic mass is 10.1. The first kappa shape index (κ1) is 16.7. The van der Waals surface area contributed by atoms with Gasteiger partial charge in [0.15, 0.2) is 0 Å². The second-order valence-electron chi connectivity index (χ2n) is 5.43. The van der Waals surface area contributed by atoms with Gasteiger partial charge in [-0.1, -0.05) is 56.9 Å². The highest BCUT2D eigenvalue weighted by Crippen LogP contribution is 2.10. The van der Waals surface area contributed by atoms with Crippen molar-refractivity contribution in [1.29, 1.82) is 0 Å². The van der Waals surface area contributed by atoms with Crippen molar-refractivity contribution >= 4 is 5.91 Å². The highest BCUT2D eigenvalue weighted by atomic mass is 16.2. The molecule has 0 spiro atoms. The minimum absolute atomic E-state index is 0.240. The maximum atomic E-state index is 12.0. The van der Waals surface area contributed by atoms with E-state index >= 15 is 0 Å². The van der Waals surface area contributed by atoms with E-state index in [0.717, 1.165) is 17.5 Å². The van der Waals surface area contributed by atoms with Gasteiger partial charge in [0.1, 0.15) is 0 Å². The van der Waals surface area contributed by atoms with Crippen molar-refractivity contribution in [3.8, 4) is 0 Å². The molecule has 0 fully saturated rings. The van der Waals surface area contributed by atoms with Gasteiger partial charge in [0.2, 0.25) is 5.91 Å². The Balaban J connectivity index is 2.29. The minimum atomic E-state index is 0.240. The number of carbonyl (C=O) groups is 1. The zero-order valence-corrected chi connectivity index (χ0v) is 12.9. The molecule has 1 aromatic rings. The average molecular weight is 276 g/mol. The molecule has 3 nitrogen and oxygen atoms in total. The first-order valence-electron chi connectivity index (χ1n) is 7.69. The van der Waals surface area contributed by atoms with Crippen LogP contribution in [-0.4, -0.2) is 17.9 Å². The fourth-order valence-corrected chi connectivity index (χ4v) is 2.21. The Morgan fingerprint density at radius 3 is 2.25 bits per heavy atom. The number of rotatable bonds is 9. The van der Waals surface area contributed by atoms with Crippen LogP contribution in [0.3, 0.4) is 0 Å². The summed E-state index contributed by atoms with van der Waals surface area (Å²) in [6.07, 6.45) is 6.60. The van der Waals surface area contributed by atoms with Crippen molar-refractivity contribution in [2.24, 2.45) is 5.73 Å². The molecule has 112 valence electrons. The predicted octanol–water partition coefficient (Wildman–Crippen LogP) is 3.46. The third-order valence-electron chi connectivity index (χ3n) is 3.60. The second-order valence-corrected chi connectivity index (χ2v) is 5.43. The molecule has 0 atom stereocenters. The minimum Gasteiger partial charge on any atom is -0.341 e. The van der Waals surface area contributed by atoms with Crippen molar-refractivity contribution in [3.05, 3.63) is 35.4 Å². The summed E-state index contributed by atoms with van der Waals surface area (Å²) in [5.41, 5.74) is 7.85. The van der Waals surface area contributed by atoms with Crippen LogP contribution >= 0.6 is 0 Å². The summed E-state index contributed by atoms with van der Waals surface area (Å²) in [5, 5.41) is 0. The van der Waals surface area contributed by atoms with E-state index in [4.69, 9.17) is 5.73 Å². The van der Waals surface area contributed by atoms with Gasteiger partial charge in [0, 0.05) is 26.6 Å². The molecule has 1 aromatic carbocycles. The van der Waals surface area contributed by atoms with Crippen molar-refractivity contribution in [2.75, 3.05) is 7.05 Å². The Labute approximate surface area is 123 Å². The van der Waals surface area contributed by atoms with E-state index in [1.54, 1.807) is 0 Å². The van der Waals surface area contributed by atoms with Crippen molar-refractivity contribution in [1.82, 2.24) is 4.90 Å². The molecular weight excluding hydrogens is 248 g/mol. The van der Waals surface area contributed by atoms with Gasteiger partial charge in [-0.3, -0.25) is 4.79 Å². The van der Waals surface area contributed by atoms with Crippen LogP contribution in [0, 0.1) is 0 Å². The molecule has 0 radical (unpaired) electrons. The summed E-state index contributed by atoms with van der Waals surface area (Å²) >= 11 is 0. The average Bonchev–Trinajstić information content (AvgIpc) is 2.47. The van der Waals surface area contributed by atoms with Gasteiger partial charge in [0.05, 0.1) is 0 Å². The Morgan fingerprint density at radius 1 is 1.05 bits per heavy atom. The monoisotopic (exact) mass is 276 g/mol. The van der Waals surface area contributed by atoms with Gasteiger partial charge in [-0.2, -0.15) is 0 Å². The van der Waals surface area contributed by atoms with E-state index < -0.39 is 0 Å². The number of carbonyl (C=O) groups excluding carboxylic acids is 1. The van der Waals surface area contributed by atoms with E-state index in [1.165, 1.54) is 25.7 Å². The SMILES string of the molecule is CCCCCCCC(=O)N(C)Cc1ccc(CN)cc1. The molecule has 1 rings (SSSR count). The molecule has 0 saturated heterocycles. The normalized spacial score (nSPS) is 10.6. The molecule has 2 N–H and O–H groups in total. The number of amides is 1. The maximum absolute atomic E-state index is 12.0. The largest absolute Gasteiger partial charge is 0.341 e. The van der Waals surface area contributed by atoms with E-state index in [9.17, 15) is 4.79 Å². The van der Waals surface area contributed by atoms with Crippen LogP contribution in [0.25, 0.3) is 0 Å². The first-order valence-corrected chi connectivity index (χ1v) is 7.69. The van der Waals surface area contributed by atoms with Gasteiger partial charge < -0.3 is 10.6 Å². The smallest absolute Gasteiger partial charge is 0.222 e. The van der Waals surface area contributed by atoms with E-state index in [0.29, 0.717) is 19.5 Å². The van der Waals surface area contributed by atoms with Gasteiger partial charge in [-0.25, -0.2) is 0 Å². The van der Waals surface area contributed by atoms with Gasteiger partial charge in [-0.05, 0) is 17.5 Å². The lowest BCUT2D eigenvalue weighted by molar-refractivity contribution is -0.130. The summed E-state index contributed by atoms with van der Waals surface area (Å²) in [5.74, 6) is 0.240. The number of unbranched alkanes of at least 4 members (excludes halogenated alkanes) is 4. The molecule has 0 heterocycles. The highest BCUT2D eigenvalue weighted by Gasteiger charge is 2.08. The standard InChI is InChI=1S/C17H28N2O/c1-3-4-5-6-7-8-17(20)19(2)14-16-11-9-15(13-18)10-12-16/h9-12H,3-8,13-14,18H2,1-2H3. The molecule has 0 saturated carbocycles. The Morgan fingerprint density at radius 2 is 1.65 bits per heavy atom. The fourth-order valence-electron chi connectivity index (χ4n) is 2.21. The van der Waals surface area contributed by atoms with Crippen molar-refractivity contribution < 1.29 is 4.79 Å². The first-order chi connectivity index (χ1) is 9.67. The summed E-state index contributed by atoms with van der Waals surface area (Å²) in [6.45, 7) is 3.44. The summed E-state index contributed by atoms with van der Waals surface area (Å²) in [6, 6.07) is 8.15. The van der Waals surface area contributed by atoms with Gasteiger partial charge in [-0.15, -0.1) is 0 Å². The quantitative estimate of drug-likeness (QED) is 0.702. The number of benzene rings is 1. The van der Waals surface area contributed by atoms with Crippen molar-refractivity contribution in [2.45, 2.75) is 58.5 Å². The van der Waals surface area contributed by atoms with Crippen LogP contribution in [0.5, 0.6) is 0 Å². The van der Waals surface area contributed by atoms with Crippen LogP contribution in [-0.2, 0) is 17.9 Å². The second kappa shape index (κ2) is 9.54. The molecule has 0 unspecified atom stereocenters. The highest BCUT2D eigenvalue weighted by molar-refractivity contribution is 5.75. The van der Waals surface area contributed by atoms with Gasteiger partial charge in [0.25, 0.3) is 0 Å². The van der Waals surface area contributed by atoms with Crippen LogP contribution in [0.1, 0.15) is 56.6 Å².